The van der Waals surface area contributed by atoms with Gasteiger partial charge in [0.1, 0.15) is 5.75 Å². The minimum Gasteiger partial charge on any atom is -0.495 e. The number of rotatable bonds is 4. The molecule has 0 saturated heterocycles. The zero-order valence-corrected chi connectivity index (χ0v) is 12.7. The molecule has 0 spiro atoms. The number of carbonyl (C=O) groups excluding carboxylic acids is 1. The van der Waals surface area contributed by atoms with Crippen molar-refractivity contribution in [3.8, 4) is 5.75 Å². The van der Waals surface area contributed by atoms with Crippen molar-refractivity contribution in [3.05, 3.63) is 22.2 Å². The number of carbonyl (C=O) groups is 1. The molecular formula is C13H19BrN2O2. The van der Waals surface area contributed by atoms with Crippen molar-refractivity contribution in [2.24, 2.45) is 11.1 Å². The van der Waals surface area contributed by atoms with Gasteiger partial charge in [-0.2, -0.15) is 0 Å². The van der Waals surface area contributed by atoms with E-state index < -0.39 is 5.41 Å². The Morgan fingerprint density at radius 3 is 2.61 bits per heavy atom. The SMILES string of the molecule is COc1cc(Br)cc(C)c1NC(=O)C(C)(C)CN. The molecule has 0 aliphatic rings. The second-order valence-electron chi connectivity index (χ2n) is 4.84. The van der Waals surface area contributed by atoms with Crippen molar-refractivity contribution >= 4 is 27.5 Å². The van der Waals surface area contributed by atoms with Gasteiger partial charge in [0, 0.05) is 11.0 Å². The zero-order valence-electron chi connectivity index (χ0n) is 11.1. The summed E-state index contributed by atoms with van der Waals surface area (Å²) in [5.74, 6) is 0.511. The van der Waals surface area contributed by atoms with Crippen molar-refractivity contribution in [1.82, 2.24) is 0 Å². The molecule has 0 atom stereocenters. The highest BCUT2D eigenvalue weighted by Crippen LogP contribution is 2.33. The van der Waals surface area contributed by atoms with Gasteiger partial charge in [0.25, 0.3) is 0 Å². The monoisotopic (exact) mass is 314 g/mol. The van der Waals surface area contributed by atoms with Crippen molar-refractivity contribution < 1.29 is 9.53 Å². The first-order valence-electron chi connectivity index (χ1n) is 5.67. The van der Waals surface area contributed by atoms with Crippen LogP contribution in [0, 0.1) is 12.3 Å². The summed E-state index contributed by atoms with van der Waals surface area (Å²) in [5.41, 5.74) is 6.61. The molecule has 0 bridgehead atoms. The minimum absolute atomic E-state index is 0.117. The third-order valence-electron chi connectivity index (χ3n) is 2.85. The Hall–Kier alpha value is -1.07. The maximum Gasteiger partial charge on any atom is 0.231 e. The molecule has 5 heteroatoms. The van der Waals surface area contributed by atoms with Crippen LogP contribution in [0.1, 0.15) is 19.4 Å². The van der Waals surface area contributed by atoms with Crippen LogP contribution in [0.2, 0.25) is 0 Å². The summed E-state index contributed by atoms with van der Waals surface area (Å²) >= 11 is 3.39. The lowest BCUT2D eigenvalue weighted by molar-refractivity contribution is -0.123. The predicted molar refractivity (Wildman–Crippen MR) is 76.9 cm³/mol. The van der Waals surface area contributed by atoms with E-state index in [0.717, 1.165) is 10.0 Å². The van der Waals surface area contributed by atoms with Crippen LogP contribution in [0.3, 0.4) is 0 Å². The Labute approximate surface area is 116 Å². The van der Waals surface area contributed by atoms with Gasteiger partial charge >= 0.3 is 0 Å². The van der Waals surface area contributed by atoms with Crippen LogP contribution in [-0.4, -0.2) is 19.6 Å². The van der Waals surface area contributed by atoms with Crippen LogP contribution in [0.25, 0.3) is 0 Å². The van der Waals surface area contributed by atoms with Crippen molar-refractivity contribution in [1.29, 1.82) is 0 Å². The third kappa shape index (κ3) is 3.23. The van der Waals surface area contributed by atoms with Gasteiger partial charge in [0.2, 0.25) is 5.91 Å². The Balaban J connectivity index is 3.08. The highest BCUT2D eigenvalue weighted by molar-refractivity contribution is 9.10. The number of hydrogen-bond donors (Lipinski definition) is 2. The van der Waals surface area contributed by atoms with E-state index in [1.165, 1.54) is 0 Å². The van der Waals surface area contributed by atoms with Gasteiger partial charge < -0.3 is 15.8 Å². The molecule has 1 amide bonds. The van der Waals surface area contributed by atoms with E-state index in [2.05, 4.69) is 21.2 Å². The van der Waals surface area contributed by atoms with Crippen LogP contribution in [0.4, 0.5) is 5.69 Å². The lowest BCUT2D eigenvalue weighted by atomic mass is 9.92. The van der Waals surface area contributed by atoms with Crippen molar-refractivity contribution in [3.63, 3.8) is 0 Å². The summed E-state index contributed by atoms with van der Waals surface area (Å²) in [6.07, 6.45) is 0. The summed E-state index contributed by atoms with van der Waals surface area (Å²) in [5, 5.41) is 2.88. The summed E-state index contributed by atoms with van der Waals surface area (Å²) in [6.45, 7) is 5.82. The van der Waals surface area contributed by atoms with Gasteiger partial charge in [-0.15, -0.1) is 0 Å². The van der Waals surface area contributed by atoms with Crippen molar-refractivity contribution in [2.75, 3.05) is 19.0 Å². The first-order chi connectivity index (χ1) is 8.31. The second kappa shape index (κ2) is 5.71. The van der Waals surface area contributed by atoms with E-state index in [-0.39, 0.29) is 12.5 Å². The number of methoxy groups -OCH3 is 1. The van der Waals surface area contributed by atoms with Crippen LogP contribution < -0.4 is 15.8 Å². The molecule has 0 aliphatic carbocycles. The van der Waals surface area contributed by atoms with Gasteiger partial charge in [0.05, 0.1) is 18.2 Å². The zero-order chi connectivity index (χ0) is 13.9. The first kappa shape index (κ1) is 15.0. The maximum atomic E-state index is 12.1. The highest BCUT2D eigenvalue weighted by atomic mass is 79.9. The molecule has 1 aromatic rings. The Morgan fingerprint density at radius 1 is 1.50 bits per heavy atom. The third-order valence-corrected chi connectivity index (χ3v) is 3.31. The molecular weight excluding hydrogens is 296 g/mol. The van der Waals surface area contributed by atoms with Crippen LogP contribution in [0.15, 0.2) is 16.6 Å². The number of ether oxygens (including phenoxy) is 1. The summed E-state index contributed by atoms with van der Waals surface area (Å²) in [7, 11) is 1.57. The molecule has 0 unspecified atom stereocenters. The summed E-state index contributed by atoms with van der Waals surface area (Å²) in [6, 6.07) is 3.74. The van der Waals surface area contributed by atoms with E-state index in [1.807, 2.05) is 32.9 Å². The van der Waals surface area contributed by atoms with Gasteiger partial charge in [-0.3, -0.25) is 4.79 Å². The number of aryl methyl sites for hydroxylation is 1. The quantitative estimate of drug-likeness (QED) is 0.898. The lowest BCUT2D eigenvalue weighted by Crippen LogP contribution is -2.37. The van der Waals surface area contributed by atoms with Crippen LogP contribution in [0.5, 0.6) is 5.75 Å². The molecule has 0 saturated carbocycles. The second-order valence-corrected chi connectivity index (χ2v) is 5.76. The average Bonchev–Trinajstić information content (AvgIpc) is 2.31. The topological polar surface area (TPSA) is 64.3 Å². The Bertz CT molecular complexity index is 459. The number of anilines is 1. The number of benzene rings is 1. The molecule has 1 rings (SSSR count). The number of halogens is 1. The minimum atomic E-state index is -0.607. The fourth-order valence-corrected chi connectivity index (χ4v) is 1.96. The van der Waals surface area contributed by atoms with Crippen LogP contribution >= 0.6 is 15.9 Å². The van der Waals surface area contributed by atoms with Gasteiger partial charge in [-0.1, -0.05) is 15.9 Å². The normalized spacial score (nSPS) is 11.2. The van der Waals surface area contributed by atoms with E-state index in [0.29, 0.717) is 11.4 Å². The van der Waals surface area contributed by atoms with Crippen molar-refractivity contribution in [2.45, 2.75) is 20.8 Å². The fraction of sp³-hybridized carbons (Fsp3) is 0.462. The van der Waals surface area contributed by atoms with E-state index in [4.69, 9.17) is 10.5 Å². The van der Waals surface area contributed by atoms with E-state index >= 15 is 0 Å². The first-order valence-corrected chi connectivity index (χ1v) is 6.46. The summed E-state index contributed by atoms with van der Waals surface area (Å²) in [4.78, 5) is 12.1. The molecule has 3 N–H and O–H groups in total. The predicted octanol–water partition coefficient (Wildman–Crippen LogP) is 2.69. The largest absolute Gasteiger partial charge is 0.495 e. The summed E-state index contributed by atoms with van der Waals surface area (Å²) < 4.78 is 6.19. The average molecular weight is 315 g/mol. The number of nitrogens with two attached hydrogens (primary N) is 1. The smallest absolute Gasteiger partial charge is 0.231 e. The van der Waals surface area contributed by atoms with Gasteiger partial charge in [-0.05, 0) is 38.5 Å². The maximum absolute atomic E-state index is 12.1. The molecule has 0 aliphatic heterocycles. The van der Waals surface area contributed by atoms with Crippen LogP contribution in [-0.2, 0) is 4.79 Å². The molecule has 0 heterocycles. The van der Waals surface area contributed by atoms with Gasteiger partial charge in [-0.25, -0.2) is 0 Å². The van der Waals surface area contributed by atoms with E-state index in [1.54, 1.807) is 7.11 Å². The number of amides is 1. The highest BCUT2D eigenvalue weighted by Gasteiger charge is 2.27. The number of hydrogen-bond acceptors (Lipinski definition) is 3. The fourth-order valence-electron chi connectivity index (χ4n) is 1.41. The molecule has 1 aromatic carbocycles. The lowest BCUT2D eigenvalue weighted by Gasteiger charge is -2.23. The molecule has 18 heavy (non-hydrogen) atoms. The number of nitrogens with one attached hydrogen (secondary N) is 1. The molecule has 100 valence electrons. The Morgan fingerprint density at radius 2 is 2.11 bits per heavy atom. The molecule has 0 aromatic heterocycles. The molecule has 4 nitrogen and oxygen atoms in total. The Kier molecular flexibility index (Phi) is 4.76. The molecule has 0 fully saturated rings. The van der Waals surface area contributed by atoms with Gasteiger partial charge in [0.15, 0.2) is 0 Å². The standard InChI is InChI=1S/C13H19BrN2O2/c1-8-5-9(14)6-10(18-4)11(8)16-12(17)13(2,3)7-15/h5-6H,7,15H2,1-4H3,(H,16,17). The van der Waals surface area contributed by atoms with E-state index in [9.17, 15) is 4.79 Å². The molecule has 0 radical (unpaired) electrons.